The van der Waals surface area contributed by atoms with Crippen molar-refractivity contribution in [2.75, 3.05) is 13.1 Å². The van der Waals surface area contributed by atoms with E-state index < -0.39 is 6.03 Å². The highest BCUT2D eigenvalue weighted by atomic mass is 16.3. The van der Waals surface area contributed by atoms with Crippen LogP contribution in [0, 0.1) is 0 Å². The second-order valence-corrected chi connectivity index (χ2v) is 5.50. The summed E-state index contributed by atoms with van der Waals surface area (Å²) < 4.78 is 5.49. The molecule has 0 aliphatic heterocycles. The zero-order valence-corrected chi connectivity index (χ0v) is 13.8. The lowest BCUT2D eigenvalue weighted by Gasteiger charge is -2.13. The summed E-state index contributed by atoms with van der Waals surface area (Å²) in [6.07, 6.45) is 3.49. The summed E-state index contributed by atoms with van der Waals surface area (Å²) in [7, 11) is 0. The number of quaternary nitrogens is 1. The van der Waals surface area contributed by atoms with E-state index in [-0.39, 0.29) is 18.5 Å². The van der Waals surface area contributed by atoms with Crippen molar-refractivity contribution < 1.29 is 19.3 Å². The highest BCUT2D eigenvalue weighted by molar-refractivity contribution is 5.94. The molecule has 1 atom stereocenters. The normalized spacial score (nSPS) is 11.7. The average Bonchev–Trinajstić information content (AvgIpc) is 3.10. The van der Waals surface area contributed by atoms with E-state index in [0.29, 0.717) is 6.54 Å². The first-order chi connectivity index (χ1) is 11.7. The summed E-state index contributed by atoms with van der Waals surface area (Å²) >= 11 is 0. The molecule has 1 aromatic carbocycles. The largest absolute Gasteiger partial charge is 0.463 e. The van der Waals surface area contributed by atoms with E-state index in [9.17, 15) is 9.59 Å². The Morgan fingerprint density at radius 1 is 1.17 bits per heavy atom. The van der Waals surface area contributed by atoms with Crippen LogP contribution in [0.15, 0.2) is 53.1 Å². The lowest BCUT2D eigenvalue weighted by Crippen LogP contribution is -2.87. The van der Waals surface area contributed by atoms with Gasteiger partial charge in [-0.3, -0.25) is 10.1 Å². The van der Waals surface area contributed by atoms with E-state index in [0.717, 1.165) is 24.2 Å². The van der Waals surface area contributed by atoms with Gasteiger partial charge in [0.2, 0.25) is 0 Å². The van der Waals surface area contributed by atoms with Gasteiger partial charge in [0.25, 0.3) is 5.91 Å². The highest BCUT2D eigenvalue weighted by Gasteiger charge is 2.21. The summed E-state index contributed by atoms with van der Waals surface area (Å²) in [4.78, 5) is 23.6. The summed E-state index contributed by atoms with van der Waals surface area (Å²) in [6, 6.07) is 12.9. The lowest BCUT2D eigenvalue weighted by atomic mass is 10.0. The first-order valence-electron chi connectivity index (χ1n) is 8.20. The average molecular weight is 330 g/mol. The van der Waals surface area contributed by atoms with E-state index >= 15 is 0 Å². The number of hydrogen-bond donors (Lipinski definition) is 3. The molecule has 2 rings (SSSR count). The minimum Gasteiger partial charge on any atom is -0.463 e. The summed E-state index contributed by atoms with van der Waals surface area (Å²) in [5, 5.41) is 6.85. The minimum atomic E-state index is -0.448. The number of unbranched alkanes of at least 4 members (excludes halogenated alkanes) is 1. The third-order valence-electron chi connectivity index (χ3n) is 3.62. The number of rotatable bonds is 8. The fourth-order valence-electron chi connectivity index (χ4n) is 2.37. The molecule has 0 radical (unpaired) electrons. The van der Waals surface area contributed by atoms with Crippen LogP contribution in [0.4, 0.5) is 4.79 Å². The van der Waals surface area contributed by atoms with E-state index in [2.05, 4.69) is 10.6 Å². The van der Waals surface area contributed by atoms with Crippen molar-refractivity contribution in [3.05, 3.63) is 60.1 Å². The Labute approximate surface area is 141 Å². The maximum atomic E-state index is 12.0. The standard InChI is InChI=1S/C18H23N3O3/c1-2-3-11-19-18(23)21-16(22)13-20-17(15-10-7-12-24-15)14-8-5-4-6-9-14/h4-10,12,17,20H,2-3,11,13H2,1H3,(H2,19,21,22,23)/p+1/t17-/m1/s1. The topological polar surface area (TPSA) is 88.0 Å². The van der Waals surface area contributed by atoms with E-state index in [1.54, 1.807) is 6.26 Å². The fraction of sp³-hybridized carbons (Fsp3) is 0.333. The van der Waals surface area contributed by atoms with Crippen molar-refractivity contribution in [1.82, 2.24) is 10.6 Å². The van der Waals surface area contributed by atoms with Crippen molar-refractivity contribution >= 4 is 11.9 Å². The Kier molecular flexibility index (Phi) is 7.04. The quantitative estimate of drug-likeness (QED) is 0.642. The van der Waals surface area contributed by atoms with E-state index in [1.807, 2.05) is 54.7 Å². The maximum Gasteiger partial charge on any atom is 0.321 e. The minimum absolute atomic E-state index is 0.126. The first-order valence-corrected chi connectivity index (χ1v) is 8.20. The number of carbonyl (C=O) groups is 2. The number of benzene rings is 1. The Bertz CT molecular complexity index is 626. The molecule has 6 nitrogen and oxygen atoms in total. The van der Waals surface area contributed by atoms with Gasteiger partial charge in [-0.1, -0.05) is 43.7 Å². The molecule has 3 amide bonds. The van der Waals surface area contributed by atoms with Crippen LogP contribution >= 0.6 is 0 Å². The second kappa shape index (κ2) is 9.52. The molecule has 0 aliphatic carbocycles. The van der Waals surface area contributed by atoms with Crippen LogP contribution in [0.2, 0.25) is 0 Å². The summed E-state index contributed by atoms with van der Waals surface area (Å²) in [5.74, 6) is 0.429. The van der Waals surface area contributed by atoms with Gasteiger partial charge in [0.1, 0.15) is 0 Å². The van der Waals surface area contributed by atoms with Gasteiger partial charge in [-0.2, -0.15) is 0 Å². The molecule has 1 heterocycles. The second-order valence-electron chi connectivity index (χ2n) is 5.50. The Hall–Kier alpha value is -2.60. The monoisotopic (exact) mass is 330 g/mol. The number of hydrogen-bond acceptors (Lipinski definition) is 3. The van der Waals surface area contributed by atoms with Gasteiger partial charge in [-0.15, -0.1) is 0 Å². The Balaban J connectivity index is 1.89. The SMILES string of the molecule is CCCCNC(=O)NC(=O)C[NH2+][C@H](c1ccccc1)c1ccco1. The van der Waals surface area contributed by atoms with Crippen LogP contribution in [0.25, 0.3) is 0 Å². The molecule has 0 spiro atoms. The van der Waals surface area contributed by atoms with Crippen LogP contribution in [0.1, 0.15) is 37.1 Å². The molecule has 24 heavy (non-hydrogen) atoms. The molecule has 0 saturated heterocycles. The number of urea groups is 1. The molecule has 0 fully saturated rings. The van der Waals surface area contributed by atoms with Crippen molar-refractivity contribution in [1.29, 1.82) is 0 Å². The Morgan fingerprint density at radius 2 is 1.96 bits per heavy atom. The van der Waals surface area contributed by atoms with Crippen LogP contribution < -0.4 is 16.0 Å². The summed E-state index contributed by atoms with van der Waals surface area (Å²) in [5.41, 5.74) is 1.03. The van der Waals surface area contributed by atoms with Crippen LogP contribution in [-0.2, 0) is 4.79 Å². The third-order valence-corrected chi connectivity index (χ3v) is 3.62. The third kappa shape index (κ3) is 5.55. The molecule has 0 saturated carbocycles. The zero-order valence-electron chi connectivity index (χ0n) is 13.8. The van der Waals surface area contributed by atoms with E-state index in [1.165, 1.54) is 0 Å². The number of nitrogens with one attached hydrogen (secondary N) is 2. The predicted octanol–water partition coefficient (Wildman–Crippen LogP) is 1.56. The van der Waals surface area contributed by atoms with Gasteiger partial charge < -0.3 is 15.1 Å². The smallest absolute Gasteiger partial charge is 0.321 e. The van der Waals surface area contributed by atoms with E-state index in [4.69, 9.17) is 4.42 Å². The molecule has 2 aromatic rings. The zero-order chi connectivity index (χ0) is 17.2. The lowest BCUT2D eigenvalue weighted by molar-refractivity contribution is -0.678. The fourth-order valence-corrected chi connectivity index (χ4v) is 2.37. The van der Waals surface area contributed by atoms with Crippen molar-refractivity contribution in [2.24, 2.45) is 0 Å². The maximum absolute atomic E-state index is 12.0. The molecule has 4 N–H and O–H groups in total. The van der Waals surface area contributed by atoms with Gasteiger partial charge in [-0.05, 0) is 18.6 Å². The molecule has 1 aromatic heterocycles. The molecule has 128 valence electrons. The predicted molar refractivity (Wildman–Crippen MR) is 90.2 cm³/mol. The molecule has 0 aliphatic rings. The molecule has 0 bridgehead atoms. The summed E-state index contributed by atoms with van der Waals surface area (Å²) in [6.45, 7) is 2.73. The van der Waals surface area contributed by atoms with Crippen LogP contribution in [0.3, 0.4) is 0 Å². The number of imide groups is 1. The van der Waals surface area contributed by atoms with Gasteiger partial charge in [0.05, 0.1) is 6.26 Å². The Morgan fingerprint density at radius 3 is 2.62 bits per heavy atom. The van der Waals surface area contributed by atoms with Crippen molar-refractivity contribution in [3.8, 4) is 0 Å². The van der Waals surface area contributed by atoms with Gasteiger partial charge in [0.15, 0.2) is 18.3 Å². The van der Waals surface area contributed by atoms with Crippen molar-refractivity contribution in [2.45, 2.75) is 25.8 Å². The molecular formula is C18H24N3O3+. The number of nitrogens with two attached hydrogens (primary N) is 1. The van der Waals surface area contributed by atoms with Gasteiger partial charge in [0, 0.05) is 12.1 Å². The molecule has 0 unspecified atom stereocenters. The number of carbonyl (C=O) groups excluding carboxylic acids is 2. The van der Waals surface area contributed by atoms with Gasteiger partial charge in [-0.25, -0.2) is 4.79 Å². The molecular weight excluding hydrogens is 306 g/mol. The van der Waals surface area contributed by atoms with Crippen LogP contribution in [-0.4, -0.2) is 25.0 Å². The highest BCUT2D eigenvalue weighted by Crippen LogP contribution is 2.18. The molecule has 6 heteroatoms. The first kappa shape index (κ1) is 17.7. The number of furan rings is 1. The van der Waals surface area contributed by atoms with Crippen LogP contribution in [0.5, 0.6) is 0 Å². The van der Waals surface area contributed by atoms with Gasteiger partial charge >= 0.3 is 6.03 Å². The number of amides is 3. The van der Waals surface area contributed by atoms with Crippen molar-refractivity contribution in [3.63, 3.8) is 0 Å².